The fourth-order valence-electron chi connectivity index (χ4n) is 3.76. The minimum absolute atomic E-state index is 0.0360. The number of amides is 2. The molecule has 0 fully saturated rings. The van der Waals surface area contributed by atoms with Gasteiger partial charge >= 0.3 is 0 Å². The van der Waals surface area contributed by atoms with Crippen LogP contribution in [-0.4, -0.2) is 44.3 Å². The summed E-state index contributed by atoms with van der Waals surface area (Å²) < 4.78 is 28.6. The maximum atomic E-state index is 13.8. The molecular weight excluding hydrogens is 545 g/mol. The highest BCUT2D eigenvalue weighted by Gasteiger charge is 2.32. The average Bonchev–Trinajstić information content (AvgIpc) is 2.89. The van der Waals surface area contributed by atoms with E-state index in [0.29, 0.717) is 16.6 Å². The summed E-state index contributed by atoms with van der Waals surface area (Å²) in [6, 6.07) is 18.7. The Kier molecular flexibility index (Phi) is 10.2. The minimum atomic E-state index is -4.15. The van der Waals surface area contributed by atoms with Crippen LogP contribution in [0.3, 0.4) is 0 Å². The molecule has 0 saturated heterocycles. The van der Waals surface area contributed by atoms with Crippen LogP contribution >= 0.6 is 23.2 Å². The van der Waals surface area contributed by atoms with Gasteiger partial charge in [0.2, 0.25) is 11.8 Å². The number of aryl methyl sites for hydroxylation is 1. The highest BCUT2D eigenvalue weighted by atomic mass is 35.5. The Morgan fingerprint density at radius 2 is 1.61 bits per heavy atom. The van der Waals surface area contributed by atoms with Crippen LogP contribution in [0.2, 0.25) is 10.0 Å². The second kappa shape index (κ2) is 13.1. The minimum Gasteiger partial charge on any atom is -0.354 e. The second-order valence-corrected chi connectivity index (χ2v) is 11.7. The molecule has 0 heterocycles. The molecule has 0 aromatic heterocycles. The summed E-state index contributed by atoms with van der Waals surface area (Å²) in [6.45, 7) is 5.43. The quantitative estimate of drug-likeness (QED) is 0.330. The summed E-state index contributed by atoms with van der Waals surface area (Å²) in [4.78, 5) is 28.1. The molecule has 0 aliphatic rings. The zero-order valence-electron chi connectivity index (χ0n) is 21.5. The SMILES string of the molecule is CCCNC(=O)[C@H](C)N(Cc1ccc(Cl)cc1)C(=O)CN(c1cccc(Cl)c1)S(=O)(=O)c1ccc(C)cc1. The lowest BCUT2D eigenvalue weighted by Gasteiger charge is -2.32. The predicted octanol–water partition coefficient (Wildman–Crippen LogP) is 5.44. The number of anilines is 1. The van der Waals surface area contributed by atoms with Crippen molar-refractivity contribution in [3.8, 4) is 0 Å². The highest BCUT2D eigenvalue weighted by molar-refractivity contribution is 7.92. The van der Waals surface area contributed by atoms with Gasteiger partial charge in [-0.25, -0.2) is 8.42 Å². The van der Waals surface area contributed by atoms with Crippen molar-refractivity contribution in [1.29, 1.82) is 0 Å². The summed E-state index contributed by atoms with van der Waals surface area (Å²) in [7, 11) is -4.15. The fraction of sp³-hybridized carbons (Fsp3) is 0.286. The third-order valence-corrected chi connectivity index (χ3v) is 8.24. The third-order valence-electron chi connectivity index (χ3n) is 5.97. The van der Waals surface area contributed by atoms with E-state index >= 15 is 0 Å². The van der Waals surface area contributed by atoms with Gasteiger partial charge in [-0.05, 0) is 68.3 Å². The molecule has 0 radical (unpaired) electrons. The Bertz CT molecular complexity index is 1360. The molecule has 0 aliphatic heterocycles. The molecule has 0 saturated carbocycles. The second-order valence-electron chi connectivity index (χ2n) is 8.92. The number of benzene rings is 3. The summed E-state index contributed by atoms with van der Waals surface area (Å²) in [5.74, 6) is -0.875. The molecule has 10 heteroatoms. The van der Waals surface area contributed by atoms with Gasteiger partial charge in [0.05, 0.1) is 10.6 Å². The van der Waals surface area contributed by atoms with E-state index in [-0.39, 0.29) is 23.0 Å². The van der Waals surface area contributed by atoms with Crippen molar-refractivity contribution in [3.05, 3.63) is 94.0 Å². The molecule has 38 heavy (non-hydrogen) atoms. The lowest BCUT2D eigenvalue weighted by molar-refractivity contribution is -0.139. The van der Waals surface area contributed by atoms with Crippen molar-refractivity contribution in [2.24, 2.45) is 0 Å². The van der Waals surface area contributed by atoms with E-state index < -0.39 is 28.5 Å². The number of hydrogen-bond donors (Lipinski definition) is 1. The first-order valence-corrected chi connectivity index (χ1v) is 14.4. The number of nitrogens with one attached hydrogen (secondary N) is 1. The Hall–Kier alpha value is -3.07. The molecule has 3 aromatic rings. The van der Waals surface area contributed by atoms with Crippen LogP contribution in [0.1, 0.15) is 31.4 Å². The Balaban J connectivity index is 2.01. The number of rotatable bonds is 11. The predicted molar refractivity (Wildman–Crippen MR) is 152 cm³/mol. The zero-order valence-corrected chi connectivity index (χ0v) is 23.9. The van der Waals surface area contributed by atoms with E-state index in [4.69, 9.17) is 23.2 Å². The normalized spacial score (nSPS) is 12.0. The fourth-order valence-corrected chi connectivity index (χ4v) is 5.48. The van der Waals surface area contributed by atoms with Crippen molar-refractivity contribution in [1.82, 2.24) is 10.2 Å². The van der Waals surface area contributed by atoms with E-state index in [1.165, 1.54) is 23.1 Å². The first-order valence-electron chi connectivity index (χ1n) is 12.2. The lowest BCUT2D eigenvalue weighted by Crippen LogP contribution is -2.51. The van der Waals surface area contributed by atoms with Gasteiger partial charge in [0.15, 0.2) is 0 Å². The van der Waals surface area contributed by atoms with Gasteiger partial charge in [-0.2, -0.15) is 0 Å². The molecule has 7 nitrogen and oxygen atoms in total. The maximum absolute atomic E-state index is 13.8. The van der Waals surface area contributed by atoms with E-state index in [2.05, 4.69) is 5.32 Å². The maximum Gasteiger partial charge on any atom is 0.264 e. The smallest absolute Gasteiger partial charge is 0.264 e. The largest absolute Gasteiger partial charge is 0.354 e. The van der Waals surface area contributed by atoms with Gasteiger partial charge in [0.25, 0.3) is 10.0 Å². The zero-order chi connectivity index (χ0) is 27.9. The number of halogens is 2. The Morgan fingerprint density at radius 1 is 0.947 bits per heavy atom. The van der Waals surface area contributed by atoms with Gasteiger partial charge in [-0.3, -0.25) is 13.9 Å². The lowest BCUT2D eigenvalue weighted by atomic mass is 10.1. The highest BCUT2D eigenvalue weighted by Crippen LogP contribution is 2.27. The van der Waals surface area contributed by atoms with E-state index in [9.17, 15) is 18.0 Å². The van der Waals surface area contributed by atoms with Crippen LogP contribution < -0.4 is 9.62 Å². The van der Waals surface area contributed by atoms with Crippen LogP contribution in [-0.2, 0) is 26.2 Å². The van der Waals surface area contributed by atoms with Crippen LogP contribution in [0.4, 0.5) is 5.69 Å². The number of sulfonamides is 1. The molecule has 0 aliphatic carbocycles. The molecule has 202 valence electrons. The molecule has 1 N–H and O–H groups in total. The standard InChI is InChI=1S/C28H31Cl2N3O4S/c1-4-16-31-28(35)21(3)32(18-22-10-12-23(29)13-11-22)27(34)19-33(25-7-5-6-24(30)17-25)38(36,37)26-14-8-20(2)9-15-26/h5-15,17,21H,4,16,18-19H2,1-3H3,(H,31,35)/t21-/m0/s1. The number of hydrogen-bond acceptors (Lipinski definition) is 4. The summed E-state index contributed by atoms with van der Waals surface area (Å²) in [6.07, 6.45) is 0.737. The Morgan fingerprint density at radius 3 is 2.21 bits per heavy atom. The van der Waals surface area contributed by atoms with E-state index in [0.717, 1.165) is 21.9 Å². The Labute approximate surface area is 234 Å². The first-order chi connectivity index (χ1) is 18.0. The molecular formula is C28H31Cl2N3O4S. The van der Waals surface area contributed by atoms with Gasteiger partial charge in [0.1, 0.15) is 12.6 Å². The molecule has 1 atom stereocenters. The average molecular weight is 577 g/mol. The van der Waals surface area contributed by atoms with Crippen molar-refractivity contribution >= 4 is 50.7 Å². The number of nitrogens with zero attached hydrogens (tertiary/aromatic N) is 2. The molecule has 2 amide bonds. The monoisotopic (exact) mass is 575 g/mol. The summed E-state index contributed by atoms with van der Waals surface area (Å²) in [5.41, 5.74) is 1.88. The molecule has 0 spiro atoms. The van der Waals surface area contributed by atoms with Crippen molar-refractivity contribution < 1.29 is 18.0 Å². The number of carbonyl (C=O) groups is 2. The van der Waals surface area contributed by atoms with Crippen molar-refractivity contribution in [2.45, 2.75) is 44.7 Å². The van der Waals surface area contributed by atoms with Crippen LogP contribution in [0, 0.1) is 6.92 Å². The van der Waals surface area contributed by atoms with E-state index in [1.54, 1.807) is 61.5 Å². The molecule has 0 bridgehead atoms. The first kappa shape index (κ1) is 29.5. The van der Waals surface area contributed by atoms with Gasteiger partial charge in [-0.1, -0.05) is 66.0 Å². The van der Waals surface area contributed by atoms with Crippen LogP contribution in [0.25, 0.3) is 0 Å². The van der Waals surface area contributed by atoms with Crippen LogP contribution in [0.5, 0.6) is 0 Å². The summed E-state index contributed by atoms with van der Waals surface area (Å²) in [5, 5.41) is 3.68. The van der Waals surface area contributed by atoms with Gasteiger partial charge in [-0.15, -0.1) is 0 Å². The topological polar surface area (TPSA) is 86.8 Å². The molecule has 0 unspecified atom stereocenters. The summed E-state index contributed by atoms with van der Waals surface area (Å²) >= 11 is 12.2. The number of carbonyl (C=O) groups excluding carboxylic acids is 2. The van der Waals surface area contributed by atoms with Crippen molar-refractivity contribution in [3.63, 3.8) is 0 Å². The molecule has 3 aromatic carbocycles. The van der Waals surface area contributed by atoms with Gasteiger partial charge in [0, 0.05) is 23.1 Å². The van der Waals surface area contributed by atoms with Crippen LogP contribution in [0.15, 0.2) is 77.7 Å². The third kappa shape index (κ3) is 7.49. The van der Waals surface area contributed by atoms with Crippen molar-refractivity contribution in [2.75, 3.05) is 17.4 Å². The van der Waals surface area contributed by atoms with E-state index in [1.807, 2.05) is 13.8 Å². The van der Waals surface area contributed by atoms with Gasteiger partial charge < -0.3 is 10.2 Å². The molecule has 3 rings (SSSR count).